The Bertz CT molecular complexity index is 1770. The second kappa shape index (κ2) is 6.97. The van der Waals surface area contributed by atoms with E-state index in [0.29, 0.717) is 5.95 Å². The van der Waals surface area contributed by atoms with Gasteiger partial charge in [0.25, 0.3) is 0 Å². The predicted molar refractivity (Wildman–Crippen MR) is 134 cm³/mol. The van der Waals surface area contributed by atoms with Gasteiger partial charge >= 0.3 is 0 Å². The van der Waals surface area contributed by atoms with Crippen LogP contribution in [0.2, 0.25) is 0 Å². The molecule has 2 aliphatic heterocycles. The molecule has 33 heavy (non-hydrogen) atoms. The van der Waals surface area contributed by atoms with Crippen molar-refractivity contribution in [2.45, 2.75) is 0 Å². The maximum absolute atomic E-state index is 5.12. The van der Waals surface area contributed by atoms with Crippen LogP contribution in [-0.4, -0.2) is 19.5 Å². The van der Waals surface area contributed by atoms with Crippen molar-refractivity contribution in [2.75, 3.05) is 0 Å². The minimum absolute atomic E-state index is 0.622. The Balaban J connectivity index is 1.63. The Labute approximate surface area is 190 Å². The molecule has 7 rings (SSSR count). The maximum atomic E-state index is 5.12. The van der Waals surface area contributed by atoms with Gasteiger partial charge in [-0.25, -0.2) is 15.0 Å². The predicted octanol–water partition coefficient (Wildman–Crippen LogP) is 6.89. The van der Waals surface area contributed by atoms with Gasteiger partial charge in [0.2, 0.25) is 5.95 Å². The van der Waals surface area contributed by atoms with Crippen LogP contribution in [0.3, 0.4) is 0 Å². The lowest BCUT2D eigenvalue weighted by molar-refractivity contribution is 0.961. The monoisotopic (exact) mass is 422 g/mol. The molecule has 0 radical (unpaired) electrons. The first kappa shape index (κ1) is 18.0. The number of aromatic nitrogens is 4. The number of benzene rings is 4. The number of hydrogen-bond donors (Lipinski definition) is 0. The van der Waals surface area contributed by atoms with E-state index in [-0.39, 0.29) is 0 Å². The van der Waals surface area contributed by atoms with Gasteiger partial charge in [0, 0.05) is 21.9 Å². The normalized spacial score (nSPS) is 11.6. The van der Waals surface area contributed by atoms with Crippen molar-refractivity contribution in [1.29, 1.82) is 0 Å². The maximum Gasteiger partial charge on any atom is 0.237 e. The highest BCUT2D eigenvalue weighted by molar-refractivity contribution is 6.02. The summed E-state index contributed by atoms with van der Waals surface area (Å²) in [6, 6.07) is 37.3. The van der Waals surface area contributed by atoms with Crippen molar-refractivity contribution in [3.8, 4) is 28.6 Å². The molecule has 2 aliphatic rings. The topological polar surface area (TPSA) is 43.6 Å². The largest absolute Gasteiger partial charge is 0.262 e. The zero-order valence-corrected chi connectivity index (χ0v) is 17.7. The van der Waals surface area contributed by atoms with Crippen molar-refractivity contribution >= 4 is 32.7 Å². The zero-order valence-electron chi connectivity index (χ0n) is 17.7. The fourth-order valence-corrected chi connectivity index (χ4v) is 4.67. The van der Waals surface area contributed by atoms with Crippen LogP contribution in [0.25, 0.3) is 61.3 Å². The molecule has 0 saturated heterocycles. The van der Waals surface area contributed by atoms with Crippen LogP contribution in [0.15, 0.2) is 109 Å². The molecule has 4 nitrogen and oxygen atoms in total. The Hall–Kier alpha value is -4.57. The van der Waals surface area contributed by atoms with Crippen molar-refractivity contribution < 1.29 is 0 Å². The molecule has 0 amide bonds. The molecule has 1 aromatic heterocycles. The van der Waals surface area contributed by atoms with Crippen molar-refractivity contribution in [1.82, 2.24) is 19.5 Å². The number of rotatable bonds is 2. The summed E-state index contributed by atoms with van der Waals surface area (Å²) in [4.78, 5) is 15.1. The third-order valence-corrected chi connectivity index (χ3v) is 6.19. The SMILES string of the molecule is c1ccc(-c2nc(-n3c4nc5ccccc5c-4cc4ccccc43)nc3ccccc23)cc1. The number of pyridine rings is 1. The summed E-state index contributed by atoms with van der Waals surface area (Å²) >= 11 is 0. The standard InChI is InChI=1S/C29H18N4/c1-2-10-19(11-3-1)27-22-14-6-8-16-25(22)31-29(32-27)33-26-17-9-4-12-20(26)18-23-21-13-5-7-15-24(21)30-28(23)33/h1-18H. The van der Waals surface area contributed by atoms with Crippen LogP contribution < -0.4 is 0 Å². The molecule has 0 unspecified atom stereocenters. The minimum atomic E-state index is 0.622. The first-order valence-corrected chi connectivity index (χ1v) is 11.0. The second-order valence-electron chi connectivity index (χ2n) is 8.16. The number of fused-ring (bicyclic) bond motifs is 5. The molecule has 0 saturated carbocycles. The van der Waals surface area contributed by atoms with E-state index in [1.807, 2.05) is 48.5 Å². The van der Waals surface area contributed by atoms with E-state index in [4.69, 9.17) is 15.0 Å². The van der Waals surface area contributed by atoms with E-state index in [1.54, 1.807) is 0 Å². The van der Waals surface area contributed by atoms with Gasteiger partial charge in [0.15, 0.2) is 0 Å². The van der Waals surface area contributed by atoms with E-state index >= 15 is 0 Å². The molecular formula is C29H18N4. The van der Waals surface area contributed by atoms with Crippen LogP contribution in [0.5, 0.6) is 0 Å². The third kappa shape index (κ3) is 2.74. The molecule has 0 atom stereocenters. The molecular weight excluding hydrogens is 404 g/mol. The van der Waals surface area contributed by atoms with E-state index in [1.165, 1.54) is 0 Å². The van der Waals surface area contributed by atoms with Gasteiger partial charge in [-0.1, -0.05) is 84.9 Å². The fraction of sp³-hybridized carbons (Fsp3) is 0. The quantitative estimate of drug-likeness (QED) is 0.305. The summed E-state index contributed by atoms with van der Waals surface area (Å²) < 4.78 is 2.10. The summed E-state index contributed by atoms with van der Waals surface area (Å²) in [5.74, 6) is 1.49. The van der Waals surface area contributed by atoms with E-state index < -0.39 is 0 Å². The molecule has 154 valence electrons. The number of para-hydroxylation sites is 3. The van der Waals surface area contributed by atoms with Crippen LogP contribution in [0.1, 0.15) is 0 Å². The Morgan fingerprint density at radius 3 is 2.06 bits per heavy atom. The molecule has 4 heteroatoms. The lowest BCUT2D eigenvalue weighted by Crippen LogP contribution is -2.08. The van der Waals surface area contributed by atoms with Gasteiger partial charge < -0.3 is 0 Å². The van der Waals surface area contributed by atoms with E-state index in [9.17, 15) is 0 Å². The van der Waals surface area contributed by atoms with Gasteiger partial charge in [-0.3, -0.25) is 4.57 Å². The molecule has 5 aromatic rings. The van der Waals surface area contributed by atoms with Gasteiger partial charge in [-0.15, -0.1) is 0 Å². The summed E-state index contributed by atoms with van der Waals surface area (Å²) in [7, 11) is 0. The summed E-state index contributed by atoms with van der Waals surface area (Å²) in [5.41, 5.74) is 5.99. The molecule has 0 aliphatic carbocycles. The van der Waals surface area contributed by atoms with Crippen LogP contribution >= 0.6 is 0 Å². The Morgan fingerprint density at radius 1 is 0.545 bits per heavy atom. The molecule has 0 bridgehead atoms. The first-order chi connectivity index (χ1) is 16.4. The van der Waals surface area contributed by atoms with Gasteiger partial charge in [-0.05, 0) is 29.7 Å². The van der Waals surface area contributed by atoms with Crippen molar-refractivity contribution in [2.24, 2.45) is 0 Å². The fourth-order valence-electron chi connectivity index (χ4n) is 4.67. The summed E-state index contributed by atoms with van der Waals surface area (Å²) in [5, 5.41) is 3.29. The Morgan fingerprint density at radius 2 is 1.21 bits per heavy atom. The van der Waals surface area contributed by atoms with Crippen LogP contribution in [-0.2, 0) is 0 Å². The van der Waals surface area contributed by atoms with Gasteiger partial charge in [0.05, 0.1) is 22.2 Å². The summed E-state index contributed by atoms with van der Waals surface area (Å²) in [6.45, 7) is 0. The number of hydrogen-bond acceptors (Lipinski definition) is 3. The third-order valence-electron chi connectivity index (χ3n) is 6.19. The first-order valence-electron chi connectivity index (χ1n) is 11.0. The van der Waals surface area contributed by atoms with Crippen molar-refractivity contribution in [3.63, 3.8) is 0 Å². The average Bonchev–Trinajstić information content (AvgIpc) is 3.25. The molecule has 0 N–H and O–H groups in total. The average molecular weight is 422 g/mol. The molecule has 0 fully saturated rings. The molecule has 0 spiro atoms. The van der Waals surface area contributed by atoms with Gasteiger partial charge in [0.1, 0.15) is 5.82 Å². The second-order valence-corrected chi connectivity index (χ2v) is 8.16. The smallest absolute Gasteiger partial charge is 0.237 e. The molecule has 4 aromatic carbocycles. The Kier molecular flexibility index (Phi) is 3.81. The highest BCUT2D eigenvalue weighted by Gasteiger charge is 2.21. The number of nitrogens with zero attached hydrogens (tertiary/aromatic N) is 4. The zero-order chi connectivity index (χ0) is 21.8. The van der Waals surface area contributed by atoms with Gasteiger partial charge in [-0.2, -0.15) is 0 Å². The van der Waals surface area contributed by atoms with Crippen LogP contribution in [0, 0.1) is 0 Å². The lowest BCUT2D eigenvalue weighted by atomic mass is 10.1. The highest BCUT2D eigenvalue weighted by atomic mass is 15.2. The molecule has 3 heterocycles. The van der Waals surface area contributed by atoms with Crippen molar-refractivity contribution in [3.05, 3.63) is 109 Å². The van der Waals surface area contributed by atoms with E-state index in [2.05, 4.69) is 65.2 Å². The highest BCUT2D eigenvalue weighted by Crippen LogP contribution is 2.37. The van der Waals surface area contributed by atoms with E-state index in [0.717, 1.165) is 55.4 Å². The lowest BCUT2D eigenvalue weighted by Gasteiger charge is -2.16. The van der Waals surface area contributed by atoms with Crippen LogP contribution in [0.4, 0.5) is 0 Å². The minimum Gasteiger partial charge on any atom is -0.262 e. The summed E-state index contributed by atoms with van der Waals surface area (Å²) in [6.07, 6.45) is 0.